The highest BCUT2D eigenvalue weighted by atomic mass is 16.5. The van der Waals surface area contributed by atoms with Gasteiger partial charge >= 0.3 is 0 Å². The Bertz CT molecular complexity index is 720. The zero-order chi connectivity index (χ0) is 18.2. The lowest BCUT2D eigenvalue weighted by Crippen LogP contribution is -2.44. The third-order valence-electron chi connectivity index (χ3n) is 3.62. The van der Waals surface area contributed by atoms with Crippen LogP contribution in [-0.4, -0.2) is 36.9 Å². The molecule has 2 rings (SSSR count). The van der Waals surface area contributed by atoms with Crippen LogP contribution in [0.1, 0.15) is 18.2 Å². The van der Waals surface area contributed by atoms with E-state index < -0.39 is 6.04 Å². The quantitative estimate of drug-likeness (QED) is 0.785. The molecule has 0 aliphatic heterocycles. The third kappa shape index (κ3) is 5.53. The summed E-state index contributed by atoms with van der Waals surface area (Å²) in [6, 6.07) is 10.2. The van der Waals surface area contributed by atoms with Crippen molar-refractivity contribution >= 4 is 17.9 Å². The van der Waals surface area contributed by atoms with Crippen molar-refractivity contribution in [2.45, 2.75) is 19.5 Å². The van der Waals surface area contributed by atoms with E-state index in [4.69, 9.17) is 9.15 Å². The molecule has 25 heavy (non-hydrogen) atoms. The van der Waals surface area contributed by atoms with E-state index >= 15 is 0 Å². The van der Waals surface area contributed by atoms with Crippen LogP contribution < -0.4 is 10.1 Å². The lowest BCUT2D eigenvalue weighted by molar-refractivity contribution is -0.134. The van der Waals surface area contributed by atoms with Gasteiger partial charge in [-0.3, -0.25) is 9.59 Å². The summed E-state index contributed by atoms with van der Waals surface area (Å²) < 4.78 is 10.3. The molecule has 0 aliphatic rings. The molecule has 1 unspecified atom stereocenters. The highest BCUT2D eigenvalue weighted by Crippen LogP contribution is 2.12. The Morgan fingerprint density at radius 3 is 2.60 bits per heavy atom. The molecule has 0 aliphatic carbocycles. The number of nitrogens with zero attached hydrogens (tertiary/aromatic N) is 1. The summed E-state index contributed by atoms with van der Waals surface area (Å²) in [4.78, 5) is 25.8. The second-order valence-electron chi connectivity index (χ2n) is 5.61. The largest absolute Gasteiger partial charge is 0.497 e. The van der Waals surface area contributed by atoms with E-state index in [2.05, 4.69) is 5.32 Å². The second kappa shape index (κ2) is 8.73. The number of carbonyl (C=O) groups excluding carboxylic acids is 2. The van der Waals surface area contributed by atoms with Gasteiger partial charge in [-0.05, 0) is 42.8 Å². The smallest absolute Gasteiger partial charge is 0.245 e. The highest BCUT2D eigenvalue weighted by Gasteiger charge is 2.19. The molecule has 0 saturated heterocycles. The number of carbonyl (C=O) groups is 2. The summed E-state index contributed by atoms with van der Waals surface area (Å²) in [5.74, 6) is 0.917. The van der Waals surface area contributed by atoms with Crippen molar-refractivity contribution in [3.8, 4) is 5.75 Å². The van der Waals surface area contributed by atoms with Gasteiger partial charge in [0.1, 0.15) is 17.6 Å². The van der Waals surface area contributed by atoms with Crippen LogP contribution in [0.15, 0.2) is 53.2 Å². The zero-order valence-corrected chi connectivity index (χ0v) is 14.6. The number of hydrogen-bond donors (Lipinski definition) is 1. The normalized spacial score (nSPS) is 12.0. The first-order valence-electron chi connectivity index (χ1n) is 7.89. The first-order chi connectivity index (χ1) is 12.0. The summed E-state index contributed by atoms with van der Waals surface area (Å²) in [6.07, 6.45) is 4.64. The zero-order valence-electron chi connectivity index (χ0n) is 14.6. The van der Waals surface area contributed by atoms with Gasteiger partial charge in [-0.2, -0.15) is 0 Å². The van der Waals surface area contributed by atoms with E-state index in [1.54, 1.807) is 45.6 Å². The minimum Gasteiger partial charge on any atom is -0.497 e. The third-order valence-corrected chi connectivity index (χ3v) is 3.62. The van der Waals surface area contributed by atoms with Gasteiger partial charge in [-0.25, -0.2) is 0 Å². The summed E-state index contributed by atoms with van der Waals surface area (Å²) in [5.41, 5.74) is 0.866. The van der Waals surface area contributed by atoms with Gasteiger partial charge < -0.3 is 19.4 Å². The molecule has 1 atom stereocenters. The topological polar surface area (TPSA) is 71.8 Å². The molecular formula is C19H22N2O4. The molecule has 0 radical (unpaired) electrons. The van der Waals surface area contributed by atoms with E-state index in [1.165, 1.54) is 11.0 Å². The van der Waals surface area contributed by atoms with Crippen LogP contribution in [0.4, 0.5) is 0 Å². The fourth-order valence-electron chi connectivity index (χ4n) is 2.25. The minimum absolute atomic E-state index is 0.192. The first kappa shape index (κ1) is 18.3. The molecule has 0 saturated carbocycles. The van der Waals surface area contributed by atoms with Crippen molar-refractivity contribution in [1.29, 1.82) is 0 Å². The van der Waals surface area contributed by atoms with Gasteiger partial charge in [0, 0.05) is 13.1 Å². The van der Waals surface area contributed by atoms with E-state index in [1.807, 2.05) is 24.3 Å². The Balaban J connectivity index is 1.85. The average molecular weight is 342 g/mol. The molecule has 1 heterocycles. The van der Waals surface area contributed by atoms with Crippen LogP contribution >= 0.6 is 0 Å². The predicted octanol–water partition coefficient (Wildman–Crippen LogP) is 2.46. The number of hydrogen-bond acceptors (Lipinski definition) is 4. The molecule has 2 aromatic rings. The molecule has 0 fully saturated rings. The van der Waals surface area contributed by atoms with Gasteiger partial charge in [0.05, 0.1) is 19.9 Å². The number of amides is 2. The Morgan fingerprint density at radius 1 is 1.28 bits per heavy atom. The summed E-state index contributed by atoms with van der Waals surface area (Å²) in [7, 11) is 3.26. The van der Waals surface area contributed by atoms with Crippen molar-refractivity contribution in [3.63, 3.8) is 0 Å². The van der Waals surface area contributed by atoms with Crippen molar-refractivity contribution < 1.29 is 18.7 Å². The average Bonchev–Trinajstić information content (AvgIpc) is 3.12. The Hall–Kier alpha value is -3.02. The molecule has 1 aromatic heterocycles. The van der Waals surface area contributed by atoms with E-state index in [0.29, 0.717) is 12.3 Å². The number of benzene rings is 1. The fraction of sp³-hybridized carbons (Fsp3) is 0.263. The maximum atomic E-state index is 12.3. The monoisotopic (exact) mass is 342 g/mol. The lowest BCUT2D eigenvalue weighted by Gasteiger charge is -2.20. The molecule has 0 bridgehead atoms. The molecule has 6 nitrogen and oxygen atoms in total. The van der Waals surface area contributed by atoms with Crippen molar-refractivity contribution in [1.82, 2.24) is 10.2 Å². The van der Waals surface area contributed by atoms with Gasteiger partial charge in [0.15, 0.2) is 0 Å². The highest BCUT2D eigenvalue weighted by molar-refractivity contribution is 5.95. The SMILES string of the molecule is COc1ccc(/C=C/C(=O)NC(C)C(=O)N(C)Cc2ccco2)cc1. The maximum absolute atomic E-state index is 12.3. The van der Waals surface area contributed by atoms with Crippen LogP contribution in [-0.2, 0) is 16.1 Å². The van der Waals surface area contributed by atoms with Crippen LogP contribution in [0.5, 0.6) is 5.75 Å². The van der Waals surface area contributed by atoms with Gasteiger partial charge in [-0.15, -0.1) is 0 Å². The van der Waals surface area contributed by atoms with Crippen molar-refractivity contribution in [2.24, 2.45) is 0 Å². The van der Waals surface area contributed by atoms with Crippen LogP contribution in [0.25, 0.3) is 6.08 Å². The maximum Gasteiger partial charge on any atom is 0.245 e. The first-order valence-corrected chi connectivity index (χ1v) is 7.89. The molecule has 0 spiro atoms. The Labute approximate surface area is 147 Å². The molecule has 2 amide bonds. The fourth-order valence-corrected chi connectivity index (χ4v) is 2.25. The van der Waals surface area contributed by atoms with Crippen LogP contribution in [0, 0.1) is 0 Å². The van der Waals surface area contributed by atoms with E-state index in [0.717, 1.165) is 11.3 Å². The van der Waals surface area contributed by atoms with Gasteiger partial charge in [0.25, 0.3) is 0 Å². The van der Waals surface area contributed by atoms with Crippen molar-refractivity contribution in [3.05, 3.63) is 60.1 Å². The predicted molar refractivity (Wildman–Crippen MR) is 94.8 cm³/mol. The lowest BCUT2D eigenvalue weighted by atomic mass is 10.2. The number of rotatable bonds is 7. The molecule has 132 valence electrons. The number of methoxy groups -OCH3 is 1. The molecule has 6 heteroatoms. The Morgan fingerprint density at radius 2 is 2.00 bits per heavy atom. The standard InChI is InChI=1S/C19H22N2O4/c1-14(19(23)21(2)13-17-5-4-12-25-17)20-18(22)11-8-15-6-9-16(24-3)10-7-15/h4-12,14H,13H2,1-3H3,(H,20,22)/b11-8+. The summed E-state index contributed by atoms with van der Waals surface area (Å²) in [6.45, 7) is 2.01. The van der Waals surface area contributed by atoms with Crippen molar-refractivity contribution in [2.75, 3.05) is 14.2 Å². The van der Waals surface area contributed by atoms with Crippen LogP contribution in [0.3, 0.4) is 0 Å². The summed E-state index contributed by atoms with van der Waals surface area (Å²) in [5, 5.41) is 2.66. The number of furan rings is 1. The Kier molecular flexibility index (Phi) is 6.39. The number of likely N-dealkylation sites (N-methyl/N-ethyl adjacent to an activating group) is 1. The minimum atomic E-state index is -0.632. The number of nitrogens with one attached hydrogen (secondary N) is 1. The van der Waals surface area contributed by atoms with E-state index in [-0.39, 0.29) is 11.8 Å². The molecular weight excluding hydrogens is 320 g/mol. The molecule has 1 N–H and O–H groups in total. The van der Waals surface area contributed by atoms with E-state index in [9.17, 15) is 9.59 Å². The van der Waals surface area contributed by atoms with Gasteiger partial charge in [0.2, 0.25) is 11.8 Å². The second-order valence-corrected chi connectivity index (χ2v) is 5.61. The summed E-state index contributed by atoms with van der Waals surface area (Å²) >= 11 is 0. The molecule has 1 aromatic carbocycles. The number of ether oxygens (including phenoxy) is 1. The van der Waals surface area contributed by atoms with Gasteiger partial charge in [-0.1, -0.05) is 12.1 Å². The van der Waals surface area contributed by atoms with Crippen LogP contribution in [0.2, 0.25) is 0 Å².